The summed E-state index contributed by atoms with van der Waals surface area (Å²) in [5.74, 6) is -1.06. The first-order valence-corrected chi connectivity index (χ1v) is 6.62. The lowest BCUT2D eigenvalue weighted by molar-refractivity contribution is 0.0698. The van der Waals surface area contributed by atoms with E-state index < -0.39 is 12.0 Å². The molecule has 0 bridgehead atoms. The van der Waals surface area contributed by atoms with E-state index in [0.717, 1.165) is 9.99 Å². The molecule has 2 amide bonds. The Balaban J connectivity index is 2.84. The number of benzene rings is 1. The summed E-state index contributed by atoms with van der Waals surface area (Å²) in [6, 6.07) is 4.49. The monoisotopic (exact) mass is 362 g/mol. The second-order valence-corrected chi connectivity index (χ2v) is 5.15. The van der Waals surface area contributed by atoms with Crippen molar-refractivity contribution in [3.05, 3.63) is 27.3 Å². The zero-order chi connectivity index (χ0) is 13.7. The normalized spacial score (nSPS) is 11.7. The number of anilines is 1. The van der Waals surface area contributed by atoms with E-state index in [9.17, 15) is 9.59 Å². The van der Waals surface area contributed by atoms with Crippen LogP contribution in [0.5, 0.6) is 0 Å². The molecule has 0 aromatic heterocycles. The van der Waals surface area contributed by atoms with Gasteiger partial charge in [-0.15, -0.1) is 0 Å². The number of carboxylic acid groups (broad SMARTS) is 1. The molecular formula is C12H15IN2O3. The Morgan fingerprint density at radius 1 is 1.44 bits per heavy atom. The maximum atomic E-state index is 11.6. The van der Waals surface area contributed by atoms with E-state index in [1.54, 1.807) is 12.1 Å². The first-order chi connectivity index (χ1) is 8.43. The van der Waals surface area contributed by atoms with Crippen molar-refractivity contribution in [2.45, 2.75) is 26.3 Å². The van der Waals surface area contributed by atoms with Gasteiger partial charge >= 0.3 is 12.0 Å². The minimum atomic E-state index is -1.06. The molecule has 1 rings (SSSR count). The SMILES string of the molecule is CCC(C)NC(=O)Nc1ccc(I)cc1C(=O)O. The summed E-state index contributed by atoms with van der Waals surface area (Å²) in [6.07, 6.45) is 0.811. The Hall–Kier alpha value is -1.31. The fraction of sp³-hybridized carbons (Fsp3) is 0.333. The number of carbonyl (C=O) groups excluding carboxylic acids is 1. The van der Waals surface area contributed by atoms with Crippen LogP contribution in [0.25, 0.3) is 0 Å². The third-order valence-corrected chi connectivity index (χ3v) is 3.12. The summed E-state index contributed by atoms with van der Waals surface area (Å²) in [4.78, 5) is 22.7. The second-order valence-electron chi connectivity index (χ2n) is 3.90. The summed E-state index contributed by atoms with van der Waals surface area (Å²) in [5.41, 5.74) is 0.380. The minimum Gasteiger partial charge on any atom is -0.478 e. The van der Waals surface area contributed by atoms with Gasteiger partial charge in [0.15, 0.2) is 0 Å². The molecule has 1 aromatic rings. The van der Waals surface area contributed by atoms with Gasteiger partial charge in [0.25, 0.3) is 0 Å². The van der Waals surface area contributed by atoms with Crippen molar-refractivity contribution < 1.29 is 14.7 Å². The zero-order valence-corrected chi connectivity index (χ0v) is 12.3. The molecule has 0 heterocycles. The van der Waals surface area contributed by atoms with Crippen LogP contribution in [0.4, 0.5) is 10.5 Å². The number of rotatable bonds is 4. The number of urea groups is 1. The van der Waals surface area contributed by atoms with Crippen LogP contribution in [0.1, 0.15) is 30.6 Å². The van der Waals surface area contributed by atoms with Crippen molar-refractivity contribution in [2.75, 3.05) is 5.32 Å². The van der Waals surface area contributed by atoms with Crippen molar-refractivity contribution in [1.82, 2.24) is 5.32 Å². The molecule has 0 aliphatic rings. The van der Waals surface area contributed by atoms with E-state index in [2.05, 4.69) is 10.6 Å². The quantitative estimate of drug-likeness (QED) is 0.721. The van der Waals surface area contributed by atoms with Crippen molar-refractivity contribution in [3.8, 4) is 0 Å². The van der Waals surface area contributed by atoms with E-state index in [1.165, 1.54) is 6.07 Å². The lowest BCUT2D eigenvalue weighted by Gasteiger charge is -2.13. The van der Waals surface area contributed by atoms with E-state index in [0.29, 0.717) is 5.69 Å². The second kappa shape index (κ2) is 6.58. The highest BCUT2D eigenvalue weighted by Crippen LogP contribution is 2.18. The predicted molar refractivity (Wildman–Crippen MR) is 78.0 cm³/mol. The maximum absolute atomic E-state index is 11.6. The van der Waals surface area contributed by atoms with Gasteiger partial charge in [-0.3, -0.25) is 0 Å². The average molecular weight is 362 g/mol. The number of carbonyl (C=O) groups is 2. The van der Waals surface area contributed by atoms with Crippen molar-refractivity contribution in [2.24, 2.45) is 0 Å². The molecule has 98 valence electrons. The predicted octanol–water partition coefficient (Wildman–Crippen LogP) is 2.91. The Labute approximate surface area is 119 Å². The molecule has 0 fully saturated rings. The van der Waals surface area contributed by atoms with Crippen LogP contribution in [-0.4, -0.2) is 23.1 Å². The summed E-state index contributed by atoms with van der Waals surface area (Å²) < 4.78 is 0.804. The zero-order valence-electron chi connectivity index (χ0n) is 10.2. The largest absolute Gasteiger partial charge is 0.478 e. The van der Waals surface area contributed by atoms with Crippen LogP contribution >= 0.6 is 22.6 Å². The first kappa shape index (κ1) is 14.7. The minimum absolute atomic E-state index is 0.0436. The number of hydrogen-bond donors (Lipinski definition) is 3. The van der Waals surface area contributed by atoms with Gasteiger partial charge < -0.3 is 15.7 Å². The van der Waals surface area contributed by atoms with Gasteiger partial charge in [-0.05, 0) is 54.1 Å². The Morgan fingerprint density at radius 3 is 2.67 bits per heavy atom. The molecule has 18 heavy (non-hydrogen) atoms. The number of carboxylic acids is 1. The highest BCUT2D eigenvalue weighted by molar-refractivity contribution is 14.1. The molecule has 1 aromatic carbocycles. The third-order valence-electron chi connectivity index (χ3n) is 2.45. The molecule has 0 aliphatic carbocycles. The fourth-order valence-corrected chi connectivity index (χ4v) is 1.78. The summed E-state index contributed by atoms with van der Waals surface area (Å²) in [5, 5.41) is 14.3. The van der Waals surface area contributed by atoms with Gasteiger partial charge in [-0.2, -0.15) is 0 Å². The summed E-state index contributed by atoms with van der Waals surface area (Å²) in [6.45, 7) is 3.84. The van der Waals surface area contributed by atoms with Crippen LogP contribution in [0.3, 0.4) is 0 Å². The van der Waals surface area contributed by atoms with E-state index >= 15 is 0 Å². The summed E-state index contributed by atoms with van der Waals surface area (Å²) in [7, 11) is 0. The lowest BCUT2D eigenvalue weighted by Crippen LogP contribution is -2.36. The van der Waals surface area contributed by atoms with E-state index in [4.69, 9.17) is 5.11 Å². The van der Waals surface area contributed by atoms with Crippen molar-refractivity contribution in [3.63, 3.8) is 0 Å². The fourth-order valence-electron chi connectivity index (χ4n) is 1.29. The van der Waals surface area contributed by atoms with Crippen LogP contribution in [0.2, 0.25) is 0 Å². The number of nitrogens with one attached hydrogen (secondary N) is 2. The number of aromatic carboxylic acids is 1. The van der Waals surface area contributed by atoms with Gasteiger partial charge in [-0.25, -0.2) is 9.59 Å². The lowest BCUT2D eigenvalue weighted by atomic mass is 10.2. The number of amides is 2. The number of halogens is 1. The standard InChI is InChI=1S/C12H15IN2O3/c1-3-7(2)14-12(18)15-10-5-4-8(13)6-9(10)11(16)17/h4-7H,3H2,1-2H3,(H,16,17)(H2,14,15,18). The average Bonchev–Trinajstić information content (AvgIpc) is 2.30. The molecular weight excluding hydrogens is 347 g/mol. The highest BCUT2D eigenvalue weighted by Gasteiger charge is 2.13. The third kappa shape index (κ3) is 4.17. The molecule has 0 saturated carbocycles. The summed E-state index contributed by atoms with van der Waals surface area (Å²) >= 11 is 2.02. The molecule has 5 nitrogen and oxygen atoms in total. The van der Waals surface area contributed by atoms with Gasteiger partial charge in [0.2, 0.25) is 0 Å². The topological polar surface area (TPSA) is 78.4 Å². The molecule has 6 heteroatoms. The Bertz CT molecular complexity index is 463. The molecule has 0 aliphatic heterocycles. The molecule has 1 atom stereocenters. The molecule has 0 radical (unpaired) electrons. The molecule has 3 N–H and O–H groups in total. The van der Waals surface area contributed by atoms with Gasteiger partial charge in [0.05, 0.1) is 11.3 Å². The Morgan fingerprint density at radius 2 is 2.11 bits per heavy atom. The highest BCUT2D eigenvalue weighted by atomic mass is 127. The smallest absolute Gasteiger partial charge is 0.337 e. The van der Waals surface area contributed by atoms with Crippen LogP contribution in [0, 0.1) is 3.57 Å². The van der Waals surface area contributed by atoms with Gasteiger partial charge in [-0.1, -0.05) is 6.92 Å². The van der Waals surface area contributed by atoms with Gasteiger partial charge in [0.1, 0.15) is 0 Å². The van der Waals surface area contributed by atoms with Crippen LogP contribution < -0.4 is 10.6 Å². The number of hydrogen-bond acceptors (Lipinski definition) is 2. The van der Waals surface area contributed by atoms with Gasteiger partial charge in [0, 0.05) is 9.61 Å². The molecule has 1 unspecified atom stereocenters. The van der Waals surface area contributed by atoms with Crippen LogP contribution in [0.15, 0.2) is 18.2 Å². The van der Waals surface area contributed by atoms with Crippen LogP contribution in [-0.2, 0) is 0 Å². The molecule has 0 spiro atoms. The van der Waals surface area contributed by atoms with Crippen molar-refractivity contribution in [1.29, 1.82) is 0 Å². The first-order valence-electron chi connectivity index (χ1n) is 5.54. The molecule has 0 saturated heterocycles. The van der Waals surface area contributed by atoms with E-state index in [-0.39, 0.29) is 11.6 Å². The van der Waals surface area contributed by atoms with Crippen molar-refractivity contribution >= 4 is 40.3 Å². The maximum Gasteiger partial charge on any atom is 0.337 e. The van der Waals surface area contributed by atoms with E-state index in [1.807, 2.05) is 36.4 Å². The Kier molecular flexibility index (Phi) is 5.39.